The Hall–Kier alpha value is -1.29. The van der Waals surface area contributed by atoms with Gasteiger partial charge in [0.25, 0.3) is 0 Å². The molecule has 2 heterocycles. The maximum absolute atomic E-state index is 5.66. The average Bonchev–Trinajstić information content (AvgIpc) is 2.92. The second-order valence-electron chi connectivity index (χ2n) is 4.95. The topological polar surface area (TPSA) is 25.4 Å². The fourth-order valence-electron chi connectivity index (χ4n) is 2.70. The van der Waals surface area contributed by atoms with Gasteiger partial charge in [-0.2, -0.15) is 0 Å². The monoisotopic (exact) mass is 320 g/mol. The second-order valence-corrected chi connectivity index (χ2v) is 5.81. The average molecular weight is 321 g/mol. The molecule has 0 N–H and O–H groups in total. The molecule has 4 heteroatoms. The molecule has 1 fully saturated rings. The Morgan fingerprint density at radius 3 is 2.68 bits per heavy atom. The Morgan fingerprint density at radius 1 is 1.26 bits per heavy atom. The van der Waals surface area contributed by atoms with E-state index in [1.165, 1.54) is 12.8 Å². The first kappa shape index (κ1) is 12.7. The zero-order valence-electron chi connectivity index (χ0n) is 11.2. The van der Waals surface area contributed by atoms with Crippen LogP contribution in [0.1, 0.15) is 18.5 Å². The fourth-order valence-corrected chi connectivity index (χ4v) is 3.24. The zero-order chi connectivity index (χ0) is 13.4. The van der Waals surface area contributed by atoms with Crippen LogP contribution in [0.25, 0.3) is 10.9 Å². The molecule has 0 atom stereocenters. The van der Waals surface area contributed by atoms with Crippen molar-refractivity contribution >= 4 is 32.5 Å². The number of benzene rings is 1. The molecule has 2 aromatic rings. The number of anilines is 1. The first-order chi connectivity index (χ1) is 9.20. The van der Waals surface area contributed by atoms with Gasteiger partial charge in [-0.15, -0.1) is 0 Å². The summed E-state index contributed by atoms with van der Waals surface area (Å²) in [6.45, 7) is 4.20. The van der Waals surface area contributed by atoms with Crippen LogP contribution in [0.4, 0.5) is 5.69 Å². The maximum Gasteiger partial charge on any atom is 0.168 e. The number of halogens is 1. The largest absolute Gasteiger partial charge is 0.492 e. The van der Waals surface area contributed by atoms with Crippen LogP contribution in [0.15, 0.2) is 22.7 Å². The van der Waals surface area contributed by atoms with E-state index < -0.39 is 0 Å². The number of nitrogens with zero attached hydrogens (tertiary/aromatic N) is 2. The standard InChI is InChI=1S/C15H17BrN2O/c1-10-5-6-11-12(16)9-13(18-7-3-4-8-18)15(19-2)14(11)17-10/h5-6,9H,3-4,7-8H2,1-2H3. The van der Waals surface area contributed by atoms with Crippen molar-refractivity contribution in [3.8, 4) is 5.75 Å². The number of aryl methyl sites for hydroxylation is 1. The molecule has 3 rings (SSSR count). The van der Waals surface area contributed by atoms with Crippen molar-refractivity contribution in [2.75, 3.05) is 25.1 Å². The van der Waals surface area contributed by atoms with Gasteiger partial charge < -0.3 is 9.64 Å². The summed E-state index contributed by atoms with van der Waals surface area (Å²) in [4.78, 5) is 7.04. The summed E-state index contributed by atoms with van der Waals surface area (Å²) in [6.07, 6.45) is 2.50. The fraction of sp³-hybridized carbons (Fsp3) is 0.400. The lowest BCUT2D eigenvalue weighted by molar-refractivity contribution is 0.419. The molecule has 0 unspecified atom stereocenters. The predicted molar refractivity (Wildman–Crippen MR) is 82.2 cm³/mol. The third-order valence-electron chi connectivity index (χ3n) is 3.65. The molecule has 0 bridgehead atoms. The zero-order valence-corrected chi connectivity index (χ0v) is 12.8. The molecule has 1 aliphatic rings. The Labute approximate surface area is 121 Å². The first-order valence-corrected chi connectivity index (χ1v) is 7.39. The molecule has 0 radical (unpaired) electrons. The van der Waals surface area contributed by atoms with Crippen LogP contribution in [0, 0.1) is 6.92 Å². The number of hydrogen-bond acceptors (Lipinski definition) is 3. The van der Waals surface area contributed by atoms with Crippen LogP contribution < -0.4 is 9.64 Å². The first-order valence-electron chi connectivity index (χ1n) is 6.59. The molecule has 1 aromatic heterocycles. The third kappa shape index (κ3) is 2.18. The van der Waals surface area contributed by atoms with Crippen LogP contribution in [0.3, 0.4) is 0 Å². The number of ether oxygens (including phenoxy) is 1. The highest BCUT2D eigenvalue weighted by molar-refractivity contribution is 9.10. The van der Waals surface area contributed by atoms with Gasteiger partial charge in [0.2, 0.25) is 0 Å². The molecule has 0 aliphatic carbocycles. The van der Waals surface area contributed by atoms with Crippen LogP contribution in [0.2, 0.25) is 0 Å². The highest BCUT2D eigenvalue weighted by Gasteiger charge is 2.20. The number of methoxy groups -OCH3 is 1. The van der Waals surface area contributed by atoms with E-state index in [9.17, 15) is 0 Å². The maximum atomic E-state index is 5.66. The van der Waals surface area contributed by atoms with E-state index in [0.717, 1.165) is 45.6 Å². The van der Waals surface area contributed by atoms with Crippen molar-refractivity contribution in [3.05, 3.63) is 28.4 Å². The Morgan fingerprint density at radius 2 is 2.00 bits per heavy atom. The van der Waals surface area contributed by atoms with E-state index in [4.69, 9.17) is 4.74 Å². The lowest BCUT2D eigenvalue weighted by Gasteiger charge is -2.22. The molecule has 1 aromatic carbocycles. The number of rotatable bonds is 2. The summed E-state index contributed by atoms with van der Waals surface area (Å²) in [5.41, 5.74) is 3.10. The van der Waals surface area contributed by atoms with Crippen molar-refractivity contribution in [2.24, 2.45) is 0 Å². The minimum atomic E-state index is 0.892. The normalized spacial score (nSPS) is 15.2. The smallest absolute Gasteiger partial charge is 0.168 e. The van der Waals surface area contributed by atoms with Gasteiger partial charge in [0.15, 0.2) is 5.75 Å². The van der Waals surface area contributed by atoms with Crippen LogP contribution in [0.5, 0.6) is 5.75 Å². The van der Waals surface area contributed by atoms with Gasteiger partial charge in [0.05, 0.1) is 12.8 Å². The number of fused-ring (bicyclic) bond motifs is 1. The van der Waals surface area contributed by atoms with Crippen LogP contribution in [-0.2, 0) is 0 Å². The molecular weight excluding hydrogens is 304 g/mol. The van der Waals surface area contributed by atoms with E-state index in [-0.39, 0.29) is 0 Å². The molecular formula is C15H17BrN2O. The van der Waals surface area contributed by atoms with Crippen LogP contribution >= 0.6 is 15.9 Å². The lowest BCUT2D eigenvalue weighted by atomic mass is 10.1. The molecule has 0 spiro atoms. The van der Waals surface area contributed by atoms with E-state index in [1.54, 1.807) is 7.11 Å². The highest BCUT2D eigenvalue weighted by atomic mass is 79.9. The van der Waals surface area contributed by atoms with E-state index in [0.29, 0.717) is 0 Å². The second kappa shape index (κ2) is 5.00. The molecule has 19 heavy (non-hydrogen) atoms. The summed E-state index contributed by atoms with van der Waals surface area (Å²) in [7, 11) is 1.73. The summed E-state index contributed by atoms with van der Waals surface area (Å²) in [5.74, 6) is 0.892. The summed E-state index contributed by atoms with van der Waals surface area (Å²) in [6, 6.07) is 6.28. The third-order valence-corrected chi connectivity index (χ3v) is 4.31. The Kier molecular flexibility index (Phi) is 3.35. The van der Waals surface area contributed by atoms with Gasteiger partial charge in [-0.25, -0.2) is 4.98 Å². The molecule has 0 saturated carbocycles. The number of aromatic nitrogens is 1. The van der Waals surface area contributed by atoms with Gasteiger partial charge in [-0.1, -0.05) is 15.9 Å². The van der Waals surface area contributed by atoms with Gasteiger partial charge in [0.1, 0.15) is 5.52 Å². The summed E-state index contributed by atoms with van der Waals surface area (Å²) in [5, 5.41) is 1.10. The molecule has 1 saturated heterocycles. The van der Waals surface area contributed by atoms with Crippen molar-refractivity contribution < 1.29 is 4.74 Å². The summed E-state index contributed by atoms with van der Waals surface area (Å²) >= 11 is 3.66. The van der Waals surface area contributed by atoms with Crippen molar-refractivity contribution in [1.82, 2.24) is 4.98 Å². The lowest BCUT2D eigenvalue weighted by Crippen LogP contribution is -2.18. The van der Waals surface area contributed by atoms with Crippen LogP contribution in [-0.4, -0.2) is 25.2 Å². The number of pyridine rings is 1. The van der Waals surface area contributed by atoms with E-state index in [2.05, 4.69) is 37.9 Å². The van der Waals surface area contributed by atoms with Crippen molar-refractivity contribution in [3.63, 3.8) is 0 Å². The SMILES string of the molecule is COc1c(N2CCCC2)cc(Br)c2ccc(C)nc12. The highest BCUT2D eigenvalue weighted by Crippen LogP contribution is 2.40. The molecule has 100 valence electrons. The number of hydrogen-bond donors (Lipinski definition) is 0. The minimum absolute atomic E-state index is 0.892. The molecule has 3 nitrogen and oxygen atoms in total. The van der Waals surface area contributed by atoms with E-state index >= 15 is 0 Å². The molecule has 1 aliphatic heterocycles. The Balaban J connectivity index is 2.27. The van der Waals surface area contributed by atoms with E-state index in [1.807, 2.05) is 13.0 Å². The molecule has 0 amide bonds. The van der Waals surface area contributed by atoms with Crippen molar-refractivity contribution in [2.45, 2.75) is 19.8 Å². The summed E-state index contributed by atoms with van der Waals surface area (Å²) < 4.78 is 6.74. The van der Waals surface area contributed by atoms with Gasteiger partial charge in [0, 0.05) is 28.6 Å². The van der Waals surface area contributed by atoms with Gasteiger partial charge >= 0.3 is 0 Å². The quantitative estimate of drug-likeness (QED) is 0.838. The minimum Gasteiger partial charge on any atom is -0.492 e. The van der Waals surface area contributed by atoms with Crippen molar-refractivity contribution in [1.29, 1.82) is 0 Å². The van der Waals surface area contributed by atoms with Gasteiger partial charge in [-0.3, -0.25) is 0 Å². The van der Waals surface area contributed by atoms with Gasteiger partial charge in [-0.05, 0) is 38.0 Å². The Bertz CT molecular complexity index is 621. The predicted octanol–water partition coefficient (Wildman–Crippen LogP) is 3.91.